The van der Waals surface area contributed by atoms with Gasteiger partial charge in [-0.25, -0.2) is 4.79 Å². The quantitative estimate of drug-likeness (QED) is 0.444. The highest BCUT2D eigenvalue weighted by atomic mass is 79.9. The van der Waals surface area contributed by atoms with Gasteiger partial charge in [0.25, 0.3) is 0 Å². The first kappa shape index (κ1) is 18.1. The Morgan fingerprint density at radius 3 is 2.42 bits per heavy atom. The van der Waals surface area contributed by atoms with Crippen LogP contribution in [0.15, 0.2) is 34.8 Å². The van der Waals surface area contributed by atoms with Gasteiger partial charge in [-0.3, -0.25) is 9.48 Å². The van der Waals surface area contributed by atoms with Gasteiger partial charge in [0, 0.05) is 34.4 Å². The van der Waals surface area contributed by atoms with Crippen molar-refractivity contribution in [3.63, 3.8) is 0 Å². The number of hydrogen-bond donors (Lipinski definition) is 0. The molecule has 0 spiro atoms. The second-order valence-corrected chi connectivity index (χ2v) is 6.41. The third kappa shape index (κ3) is 4.20. The molecule has 2 rings (SSSR count). The molecule has 0 N–H and O–H groups in total. The maximum Gasteiger partial charge on any atom is 0.331 e. The number of benzene rings is 1. The average Bonchev–Trinajstić information content (AvgIpc) is 2.78. The number of rotatable bonds is 5. The number of carbonyl (C=O) groups is 2. The largest absolute Gasteiger partial charge is 0.451 e. The molecule has 24 heavy (non-hydrogen) atoms. The highest BCUT2D eigenvalue weighted by Crippen LogP contribution is 2.15. The van der Waals surface area contributed by atoms with E-state index in [9.17, 15) is 9.59 Å². The van der Waals surface area contributed by atoms with Crippen LogP contribution in [0.3, 0.4) is 0 Å². The standard InChI is InChI=1S/C18H19BrN2O3/c1-11-16(12(2)21(4)20-11)9-10-17(22)24-13(3)18(23)14-5-7-15(19)8-6-14/h5-10,13H,1-4H3/b10-9+/t13-/m0/s1. The monoisotopic (exact) mass is 390 g/mol. The van der Waals surface area contributed by atoms with E-state index in [-0.39, 0.29) is 5.78 Å². The van der Waals surface area contributed by atoms with Gasteiger partial charge in [0.2, 0.25) is 5.78 Å². The summed E-state index contributed by atoms with van der Waals surface area (Å²) in [5, 5.41) is 4.28. The molecule has 0 saturated heterocycles. The van der Waals surface area contributed by atoms with Gasteiger partial charge in [0.1, 0.15) is 0 Å². The lowest BCUT2D eigenvalue weighted by molar-refractivity contribution is -0.140. The number of aryl methyl sites for hydroxylation is 2. The molecule has 0 radical (unpaired) electrons. The molecule has 0 aliphatic rings. The van der Waals surface area contributed by atoms with Gasteiger partial charge in [-0.15, -0.1) is 0 Å². The van der Waals surface area contributed by atoms with Crippen LogP contribution in [-0.4, -0.2) is 27.6 Å². The Bertz CT molecular complexity index is 791. The second kappa shape index (κ2) is 7.57. The minimum absolute atomic E-state index is 0.238. The van der Waals surface area contributed by atoms with Gasteiger partial charge >= 0.3 is 5.97 Å². The summed E-state index contributed by atoms with van der Waals surface area (Å²) in [5.41, 5.74) is 3.16. The van der Waals surface area contributed by atoms with E-state index < -0.39 is 12.1 Å². The molecule has 0 amide bonds. The molecular weight excluding hydrogens is 372 g/mol. The predicted octanol–water partition coefficient (Wildman–Crippen LogP) is 3.63. The zero-order valence-corrected chi connectivity index (χ0v) is 15.6. The summed E-state index contributed by atoms with van der Waals surface area (Å²) in [7, 11) is 1.84. The highest BCUT2D eigenvalue weighted by molar-refractivity contribution is 9.10. The normalized spacial score (nSPS) is 12.4. The summed E-state index contributed by atoms with van der Waals surface area (Å²) in [6.07, 6.45) is 2.14. The molecule has 1 heterocycles. The van der Waals surface area contributed by atoms with E-state index in [1.165, 1.54) is 6.08 Å². The van der Waals surface area contributed by atoms with E-state index in [1.807, 2.05) is 20.9 Å². The third-order valence-corrected chi connectivity index (χ3v) is 4.27. The van der Waals surface area contributed by atoms with Crippen molar-refractivity contribution in [3.05, 3.63) is 57.3 Å². The zero-order chi connectivity index (χ0) is 17.9. The Balaban J connectivity index is 2.02. The second-order valence-electron chi connectivity index (χ2n) is 5.49. The summed E-state index contributed by atoms with van der Waals surface area (Å²) >= 11 is 3.32. The number of Topliss-reactive ketones (excluding diaryl/α,β-unsaturated/α-hetero) is 1. The molecule has 0 unspecified atom stereocenters. The average molecular weight is 391 g/mol. The molecule has 5 nitrogen and oxygen atoms in total. The Morgan fingerprint density at radius 1 is 1.25 bits per heavy atom. The fourth-order valence-electron chi connectivity index (χ4n) is 2.30. The van der Waals surface area contributed by atoms with E-state index in [0.717, 1.165) is 21.4 Å². The maximum atomic E-state index is 12.2. The lowest BCUT2D eigenvalue weighted by atomic mass is 10.1. The fraction of sp³-hybridized carbons (Fsp3) is 0.278. The third-order valence-electron chi connectivity index (χ3n) is 3.74. The molecule has 2 aromatic rings. The van der Waals surface area contributed by atoms with Crippen LogP contribution in [0.1, 0.15) is 34.2 Å². The van der Waals surface area contributed by atoms with Gasteiger partial charge in [-0.2, -0.15) is 5.10 Å². The number of aromatic nitrogens is 2. The van der Waals surface area contributed by atoms with Crippen molar-refractivity contribution in [1.29, 1.82) is 0 Å². The highest BCUT2D eigenvalue weighted by Gasteiger charge is 2.18. The van der Waals surface area contributed by atoms with Crippen LogP contribution in [0.4, 0.5) is 0 Å². The maximum absolute atomic E-state index is 12.2. The molecule has 1 aromatic heterocycles. The van der Waals surface area contributed by atoms with E-state index in [4.69, 9.17) is 4.74 Å². The van der Waals surface area contributed by atoms with E-state index in [1.54, 1.807) is 41.9 Å². The summed E-state index contributed by atoms with van der Waals surface area (Å²) in [6, 6.07) is 6.93. The topological polar surface area (TPSA) is 61.2 Å². The summed E-state index contributed by atoms with van der Waals surface area (Å²) in [5.74, 6) is -0.798. The Hall–Kier alpha value is -2.21. The summed E-state index contributed by atoms with van der Waals surface area (Å²) in [4.78, 5) is 24.2. The lowest BCUT2D eigenvalue weighted by Crippen LogP contribution is -2.23. The van der Waals surface area contributed by atoms with E-state index in [0.29, 0.717) is 5.56 Å². The minimum atomic E-state index is -0.848. The molecule has 0 aliphatic carbocycles. The van der Waals surface area contributed by atoms with Crippen LogP contribution in [0.5, 0.6) is 0 Å². The number of carbonyl (C=O) groups excluding carboxylic acids is 2. The molecule has 126 valence electrons. The van der Waals surface area contributed by atoms with Crippen LogP contribution in [0.25, 0.3) is 6.08 Å². The first-order valence-electron chi connectivity index (χ1n) is 7.48. The number of esters is 1. The Labute approximate surface area is 149 Å². The number of hydrogen-bond acceptors (Lipinski definition) is 4. The van der Waals surface area contributed by atoms with Crippen LogP contribution in [0, 0.1) is 13.8 Å². The number of halogens is 1. The van der Waals surface area contributed by atoms with Crippen LogP contribution in [-0.2, 0) is 16.6 Å². The molecule has 6 heteroatoms. The first-order valence-corrected chi connectivity index (χ1v) is 8.27. The number of ketones is 1. The van der Waals surface area contributed by atoms with Gasteiger partial charge in [0.15, 0.2) is 6.10 Å². The summed E-state index contributed by atoms with van der Waals surface area (Å²) < 4.78 is 7.82. The molecule has 0 bridgehead atoms. The number of ether oxygens (including phenoxy) is 1. The number of nitrogens with zero attached hydrogens (tertiary/aromatic N) is 2. The molecule has 0 aliphatic heterocycles. The van der Waals surface area contributed by atoms with Gasteiger partial charge in [0.05, 0.1) is 5.69 Å². The van der Waals surface area contributed by atoms with Gasteiger partial charge in [-0.05, 0) is 39.0 Å². The van der Waals surface area contributed by atoms with Crippen LogP contribution in [0.2, 0.25) is 0 Å². The Kier molecular flexibility index (Phi) is 5.72. The van der Waals surface area contributed by atoms with Crippen molar-refractivity contribution in [1.82, 2.24) is 9.78 Å². The molecule has 0 saturated carbocycles. The van der Waals surface area contributed by atoms with Gasteiger partial charge < -0.3 is 4.74 Å². The molecule has 1 aromatic carbocycles. The Morgan fingerprint density at radius 2 is 1.88 bits per heavy atom. The van der Waals surface area contributed by atoms with Crippen molar-refractivity contribution in [2.45, 2.75) is 26.9 Å². The van der Waals surface area contributed by atoms with Gasteiger partial charge in [-0.1, -0.05) is 28.1 Å². The molecular formula is C18H19BrN2O3. The van der Waals surface area contributed by atoms with Crippen molar-refractivity contribution in [2.24, 2.45) is 7.05 Å². The van der Waals surface area contributed by atoms with Crippen molar-refractivity contribution < 1.29 is 14.3 Å². The van der Waals surface area contributed by atoms with Crippen molar-refractivity contribution in [3.8, 4) is 0 Å². The summed E-state index contributed by atoms with van der Waals surface area (Å²) in [6.45, 7) is 5.36. The smallest absolute Gasteiger partial charge is 0.331 e. The molecule has 1 atom stereocenters. The van der Waals surface area contributed by atoms with Crippen LogP contribution >= 0.6 is 15.9 Å². The van der Waals surface area contributed by atoms with Crippen molar-refractivity contribution >= 4 is 33.8 Å². The van der Waals surface area contributed by atoms with Crippen LogP contribution < -0.4 is 0 Å². The van der Waals surface area contributed by atoms with E-state index >= 15 is 0 Å². The fourth-order valence-corrected chi connectivity index (χ4v) is 2.56. The predicted molar refractivity (Wildman–Crippen MR) is 95.7 cm³/mol. The zero-order valence-electron chi connectivity index (χ0n) is 14.0. The minimum Gasteiger partial charge on any atom is -0.451 e. The lowest BCUT2D eigenvalue weighted by Gasteiger charge is -2.10. The first-order chi connectivity index (χ1) is 11.3. The SMILES string of the molecule is Cc1nn(C)c(C)c1/C=C/C(=O)O[C@@H](C)C(=O)c1ccc(Br)cc1. The van der Waals surface area contributed by atoms with E-state index in [2.05, 4.69) is 21.0 Å². The van der Waals surface area contributed by atoms with Crippen molar-refractivity contribution in [2.75, 3.05) is 0 Å². The molecule has 0 fully saturated rings.